The molecule has 0 aliphatic heterocycles. The first kappa shape index (κ1) is 36.2. The van der Waals surface area contributed by atoms with Crippen LogP contribution in [0.25, 0.3) is 0 Å². The van der Waals surface area contributed by atoms with Crippen molar-refractivity contribution in [3.63, 3.8) is 0 Å². The van der Waals surface area contributed by atoms with Crippen LogP contribution in [0.5, 0.6) is 0 Å². The number of Topliss-reactive ketones (excluding diaryl/α,β-unsaturated/α-hetero) is 1. The average Bonchev–Trinajstić information content (AvgIpc) is 2.94. The molecule has 0 aliphatic rings. The lowest BCUT2D eigenvalue weighted by Crippen LogP contribution is -2.59. The van der Waals surface area contributed by atoms with Gasteiger partial charge in [0.15, 0.2) is 0 Å². The highest BCUT2D eigenvalue weighted by atomic mass is 19.4. The number of carbonyl (C=O) groups excluding carboxylic acids is 4. The van der Waals surface area contributed by atoms with Gasteiger partial charge in [0.1, 0.15) is 18.7 Å². The van der Waals surface area contributed by atoms with E-state index in [4.69, 9.17) is 4.74 Å². The number of ether oxygens (including phenoxy) is 1. The van der Waals surface area contributed by atoms with Crippen molar-refractivity contribution in [2.75, 3.05) is 0 Å². The lowest BCUT2D eigenvalue weighted by atomic mass is 9.96. The van der Waals surface area contributed by atoms with Gasteiger partial charge in [-0.25, -0.2) is 4.79 Å². The third-order valence-corrected chi connectivity index (χ3v) is 6.45. The Morgan fingerprint density at radius 2 is 1.09 bits per heavy atom. The Labute approximate surface area is 253 Å². The third-order valence-electron chi connectivity index (χ3n) is 6.45. The number of hydrogen-bond acceptors (Lipinski definition) is 5. The molecule has 0 aliphatic carbocycles. The highest BCUT2D eigenvalue weighted by molar-refractivity contribution is 5.97. The minimum absolute atomic E-state index is 0.0493. The molecule has 0 radical (unpaired) electrons. The maximum atomic E-state index is 14.1. The van der Waals surface area contributed by atoms with Gasteiger partial charge in [-0.2, -0.15) is 22.0 Å². The minimum Gasteiger partial charge on any atom is -0.445 e. The van der Waals surface area contributed by atoms with E-state index in [-0.39, 0.29) is 36.8 Å². The maximum Gasteiger partial charge on any atom is 0.461 e. The standard InChI is InChI=1S/C31H38F5N3O5/c1-19(2)15-24(38-28(42)25(16-20(3)4)39-29(43)44-18-22-13-9-6-10-14-22)27(41)37-23(17-21-11-7-5-8-12-21)26(40)30(32,33)31(34,35)36/h5-14,19-20,23-25H,15-18H2,1-4H3,(H,37,41)(H,38,42)(H,39,43). The number of alkyl carbamates (subject to hydrolysis) is 1. The van der Waals surface area contributed by atoms with Gasteiger partial charge in [-0.05, 0) is 42.2 Å². The molecule has 0 saturated heterocycles. The van der Waals surface area contributed by atoms with E-state index < -0.39 is 60.3 Å². The summed E-state index contributed by atoms with van der Waals surface area (Å²) >= 11 is 0. The summed E-state index contributed by atoms with van der Waals surface area (Å²) < 4.78 is 72.7. The van der Waals surface area contributed by atoms with Crippen LogP contribution in [0.4, 0.5) is 26.7 Å². The molecule has 2 rings (SSSR count). The average molecular weight is 628 g/mol. The fourth-order valence-corrected chi connectivity index (χ4v) is 4.28. The van der Waals surface area contributed by atoms with Crippen molar-refractivity contribution in [1.82, 2.24) is 16.0 Å². The van der Waals surface area contributed by atoms with Crippen molar-refractivity contribution < 1.29 is 45.9 Å². The summed E-state index contributed by atoms with van der Waals surface area (Å²) in [6.07, 6.45) is -7.64. The molecule has 242 valence electrons. The highest BCUT2D eigenvalue weighted by Crippen LogP contribution is 2.37. The van der Waals surface area contributed by atoms with E-state index in [1.807, 2.05) is 5.32 Å². The number of carbonyl (C=O) groups is 4. The second-order valence-corrected chi connectivity index (χ2v) is 11.3. The maximum absolute atomic E-state index is 14.1. The van der Waals surface area contributed by atoms with Crippen LogP contribution < -0.4 is 16.0 Å². The number of rotatable bonds is 15. The Morgan fingerprint density at radius 1 is 0.659 bits per heavy atom. The number of ketones is 1. The zero-order valence-corrected chi connectivity index (χ0v) is 24.9. The second-order valence-electron chi connectivity index (χ2n) is 11.3. The zero-order chi connectivity index (χ0) is 33.1. The minimum atomic E-state index is -6.18. The largest absolute Gasteiger partial charge is 0.461 e. The molecule has 0 fully saturated rings. The molecule has 44 heavy (non-hydrogen) atoms. The Morgan fingerprint density at radius 3 is 1.55 bits per heavy atom. The Bertz CT molecular complexity index is 1240. The van der Waals surface area contributed by atoms with Gasteiger partial charge in [0.2, 0.25) is 17.6 Å². The molecule has 13 heteroatoms. The topological polar surface area (TPSA) is 114 Å². The highest BCUT2D eigenvalue weighted by Gasteiger charge is 2.64. The van der Waals surface area contributed by atoms with Crippen LogP contribution >= 0.6 is 0 Å². The molecule has 2 aromatic rings. The first-order valence-electron chi connectivity index (χ1n) is 14.1. The summed E-state index contributed by atoms with van der Waals surface area (Å²) in [6.45, 7) is 6.90. The van der Waals surface area contributed by atoms with Crippen LogP contribution in [0.2, 0.25) is 0 Å². The van der Waals surface area contributed by atoms with E-state index in [0.29, 0.717) is 5.56 Å². The van der Waals surface area contributed by atoms with E-state index in [9.17, 15) is 41.1 Å². The van der Waals surface area contributed by atoms with Crippen molar-refractivity contribution in [3.05, 3.63) is 71.8 Å². The quantitative estimate of drug-likeness (QED) is 0.231. The van der Waals surface area contributed by atoms with E-state index >= 15 is 0 Å². The molecular weight excluding hydrogens is 589 g/mol. The number of nitrogens with one attached hydrogen (secondary N) is 3. The molecular formula is C31H38F5N3O5. The summed E-state index contributed by atoms with van der Waals surface area (Å²) in [5, 5.41) is 6.95. The predicted molar refractivity (Wildman–Crippen MR) is 152 cm³/mol. The predicted octanol–water partition coefficient (Wildman–Crippen LogP) is 5.35. The summed E-state index contributed by atoms with van der Waals surface area (Å²) in [5.74, 6) is -10.6. The normalized spacial score (nSPS) is 14.0. The molecule has 0 aromatic heterocycles. The number of hydrogen-bond donors (Lipinski definition) is 3. The summed E-state index contributed by atoms with van der Waals surface area (Å²) in [7, 11) is 0. The number of alkyl halides is 5. The van der Waals surface area contributed by atoms with Gasteiger partial charge in [0.25, 0.3) is 0 Å². The van der Waals surface area contributed by atoms with Gasteiger partial charge in [0, 0.05) is 0 Å². The number of amides is 3. The molecule has 3 unspecified atom stereocenters. The Balaban J connectivity index is 2.25. The molecule has 3 amide bonds. The molecule has 0 saturated carbocycles. The zero-order valence-electron chi connectivity index (χ0n) is 24.9. The van der Waals surface area contributed by atoms with E-state index in [2.05, 4.69) is 10.6 Å². The number of halogens is 5. The van der Waals surface area contributed by atoms with Crippen LogP contribution in [-0.2, 0) is 32.1 Å². The van der Waals surface area contributed by atoms with Gasteiger partial charge in [0.05, 0.1) is 6.04 Å². The molecule has 0 spiro atoms. The first-order chi connectivity index (χ1) is 20.5. The number of benzene rings is 2. The molecule has 3 N–H and O–H groups in total. The van der Waals surface area contributed by atoms with E-state index in [1.165, 1.54) is 24.3 Å². The second kappa shape index (κ2) is 16.2. The van der Waals surface area contributed by atoms with Crippen molar-refractivity contribution in [2.24, 2.45) is 11.8 Å². The van der Waals surface area contributed by atoms with Gasteiger partial charge >= 0.3 is 18.2 Å². The third kappa shape index (κ3) is 11.2. The molecule has 3 atom stereocenters. The van der Waals surface area contributed by atoms with Crippen LogP contribution in [0.1, 0.15) is 51.7 Å². The van der Waals surface area contributed by atoms with Crippen LogP contribution in [0, 0.1) is 11.8 Å². The monoisotopic (exact) mass is 627 g/mol. The first-order valence-corrected chi connectivity index (χ1v) is 14.1. The van der Waals surface area contributed by atoms with Crippen LogP contribution in [-0.4, -0.2) is 53.9 Å². The summed E-state index contributed by atoms with van der Waals surface area (Å²) in [6, 6.07) is 11.3. The van der Waals surface area contributed by atoms with Gasteiger partial charge in [-0.1, -0.05) is 88.4 Å². The van der Waals surface area contributed by atoms with Gasteiger partial charge in [-0.15, -0.1) is 0 Å². The van der Waals surface area contributed by atoms with Crippen LogP contribution in [0.3, 0.4) is 0 Å². The summed E-state index contributed by atoms with van der Waals surface area (Å²) in [5.41, 5.74) is 0.931. The fraction of sp³-hybridized carbons (Fsp3) is 0.484. The van der Waals surface area contributed by atoms with E-state index in [0.717, 1.165) is 0 Å². The van der Waals surface area contributed by atoms with Crippen molar-refractivity contribution >= 4 is 23.7 Å². The molecule has 8 nitrogen and oxygen atoms in total. The summed E-state index contributed by atoms with van der Waals surface area (Å²) in [4.78, 5) is 51.6. The van der Waals surface area contributed by atoms with Crippen molar-refractivity contribution in [3.8, 4) is 0 Å². The van der Waals surface area contributed by atoms with Gasteiger partial charge in [-0.3, -0.25) is 14.4 Å². The van der Waals surface area contributed by atoms with Crippen LogP contribution in [0.15, 0.2) is 60.7 Å². The molecule has 2 aromatic carbocycles. The molecule has 0 bridgehead atoms. The van der Waals surface area contributed by atoms with Crippen molar-refractivity contribution in [2.45, 2.75) is 83.8 Å². The van der Waals surface area contributed by atoms with E-state index in [1.54, 1.807) is 64.1 Å². The Kier molecular flexibility index (Phi) is 13.3. The SMILES string of the molecule is CC(C)CC(NC(=O)OCc1ccccc1)C(=O)NC(CC(C)C)C(=O)NC(Cc1ccccc1)C(=O)C(F)(F)C(F)(F)F. The smallest absolute Gasteiger partial charge is 0.445 e. The van der Waals surface area contributed by atoms with Gasteiger partial charge < -0.3 is 20.7 Å². The lowest BCUT2D eigenvalue weighted by Gasteiger charge is -2.28. The Hall–Kier alpha value is -4.03. The fourth-order valence-electron chi connectivity index (χ4n) is 4.28. The molecule has 0 heterocycles. The van der Waals surface area contributed by atoms with Crippen molar-refractivity contribution in [1.29, 1.82) is 0 Å². The lowest BCUT2D eigenvalue weighted by molar-refractivity contribution is -0.269.